The average Bonchev–Trinajstić information content (AvgIpc) is 2.20. The van der Waals surface area contributed by atoms with Gasteiger partial charge in [-0.1, -0.05) is 67.9 Å². The normalized spacial score (nSPS) is 15.9. The van der Waals surface area contributed by atoms with Gasteiger partial charge in [0.25, 0.3) is 0 Å². The maximum absolute atomic E-state index is 6.34. The molecule has 0 aliphatic carbocycles. The van der Waals surface area contributed by atoms with E-state index in [1.807, 2.05) is 0 Å². The van der Waals surface area contributed by atoms with Gasteiger partial charge in [0.2, 0.25) is 0 Å². The van der Waals surface area contributed by atoms with Crippen LogP contribution in [-0.2, 0) is 4.43 Å². The highest BCUT2D eigenvalue weighted by Gasteiger charge is 2.38. The van der Waals surface area contributed by atoms with Crippen molar-refractivity contribution >= 4 is 24.2 Å². The summed E-state index contributed by atoms with van der Waals surface area (Å²) in [6, 6.07) is 0. The Labute approximate surface area is 117 Å². The standard InChI is InChI=1S/C14H27BrOSi/c1-7-13(11-9-8-10-12-15)16-17(5,6)14(2,3)4/h8-11,13H,7,12H2,1-6H3/b10-8-,11-9+/t13-/m1/s1. The second kappa shape index (κ2) is 7.55. The van der Waals surface area contributed by atoms with E-state index in [0.717, 1.165) is 11.8 Å². The van der Waals surface area contributed by atoms with Crippen LogP contribution in [0, 0.1) is 0 Å². The van der Waals surface area contributed by atoms with Gasteiger partial charge < -0.3 is 4.43 Å². The lowest BCUT2D eigenvalue weighted by Gasteiger charge is -2.38. The predicted molar refractivity (Wildman–Crippen MR) is 84.4 cm³/mol. The summed E-state index contributed by atoms with van der Waals surface area (Å²) in [5.41, 5.74) is 0. The van der Waals surface area contributed by atoms with E-state index in [4.69, 9.17) is 4.43 Å². The second-order valence-electron chi connectivity index (χ2n) is 5.79. The van der Waals surface area contributed by atoms with Crippen molar-refractivity contribution in [2.24, 2.45) is 0 Å². The van der Waals surface area contributed by atoms with Gasteiger partial charge in [-0.25, -0.2) is 0 Å². The summed E-state index contributed by atoms with van der Waals surface area (Å²) >= 11 is 3.36. The third kappa shape index (κ3) is 6.58. The van der Waals surface area contributed by atoms with Gasteiger partial charge in [0.1, 0.15) is 0 Å². The Balaban J connectivity index is 4.50. The minimum absolute atomic E-state index is 0.246. The number of halogens is 1. The first-order valence-electron chi connectivity index (χ1n) is 6.31. The first-order valence-corrected chi connectivity index (χ1v) is 10.3. The minimum Gasteiger partial charge on any atom is -0.411 e. The maximum atomic E-state index is 6.34. The van der Waals surface area contributed by atoms with Gasteiger partial charge >= 0.3 is 0 Å². The fourth-order valence-electron chi connectivity index (χ4n) is 1.13. The second-order valence-corrected chi connectivity index (χ2v) is 11.2. The van der Waals surface area contributed by atoms with Crippen LogP contribution in [0.15, 0.2) is 24.3 Å². The van der Waals surface area contributed by atoms with Crippen LogP contribution in [0.5, 0.6) is 0 Å². The molecule has 0 aliphatic rings. The molecule has 0 bridgehead atoms. The van der Waals surface area contributed by atoms with Crippen LogP contribution in [0.4, 0.5) is 0 Å². The molecule has 0 unspecified atom stereocenters. The molecule has 0 amide bonds. The largest absolute Gasteiger partial charge is 0.411 e. The summed E-state index contributed by atoms with van der Waals surface area (Å²) < 4.78 is 6.34. The van der Waals surface area contributed by atoms with E-state index >= 15 is 0 Å². The SMILES string of the molecule is CC[C@H](/C=C/C=C\CBr)O[Si](C)(C)C(C)(C)C. The van der Waals surface area contributed by atoms with E-state index in [2.05, 4.69) is 81.0 Å². The number of alkyl halides is 1. The van der Waals surface area contributed by atoms with E-state index in [9.17, 15) is 0 Å². The van der Waals surface area contributed by atoms with Gasteiger partial charge in [0, 0.05) is 5.33 Å². The highest BCUT2D eigenvalue weighted by molar-refractivity contribution is 9.09. The summed E-state index contributed by atoms with van der Waals surface area (Å²) in [6.45, 7) is 13.6. The lowest BCUT2D eigenvalue weighted by molar-refractivity contribution is 0.221. The van der Waals surface area contributed by atoms with Crippen LogP contribution in [0.2, 0.25) is 18.1 Å². The molecular formula is C14H27BrOSi. The van der Waals surface area contributed by atoms with Gasteiger partial charge in [-0.2, -0.15) is 0 Å². The molecule has 0 fully saturated rings. The number of allylic oxidation sites excluding steroid dienone is 3. The molecule has 0 heterocycles. The predicted octanol–water partition coefficient (Wildman–Crippen LogP) is 5.29. The van der Waals surface area contributed by atoms with Crippen LogP contribution < -0.4 is 0 Å². The molecular weight excluding hydrogens is 292 g/mol. The lowest BCUT2D eigenvalue weighted by atomic mass is 10.2. The van der Waals surface area contributed by atoms with Crippen LogP contribution in [0.1, 0.15) is 34.1 Å². The molecule has 0 rings (SSSR count). The Morgan fingerprint density at radius 2 is 1.82 bits per heavy atom. The zero-order valence-electron chi connectivity index (χ0n) is 12.1. The van der Waals surface area contributed by atoms with Crippen LogP contribution in [0.3, 0.4) is 0 Å². The first-order chi connectivity index (χ1) is 7.74. The zero-order chi connectivity index (χ0) is 13.5. The highest BCUT2D eigenvalue weighted by Crippen LogP contribution is 2.37. The topological polar surface area (TPSA) is 9.23 Å². The highest BCUT2D eigenvalue weighted by atomic mass is 79.9. The minimum atomic E-state index is -1.64. The molecule has 0 aliphatic heterocycles. The van der Waals surface area contributed by atoms with Crippen molar-refractivity contribution < 1.29 is 4.43 Å². The molecule has 0 saturated heterocycles. The van der Waals surface area contributed by atoms with Crippen LogP contribution >= 0.6 is 15.9 Å². The van der Waals surface area contributed by atoms with Gasteiger partial charge in [-0.15, -0.1) is 0 Å². The van der Waals surface area contributed by atoms with Crippen molar-refractivity contribution in [3.05, 3.63) is 24.3 Å². The van der Waals surface area contributed by atoms with Gasteiger partial charge in [-0.05, 0) is 24.6 Å². The molecule has 3 heteroatoms. The van der Waals surface area contributed by atoms with Crippen molar-refractivity contribution in [3.63, 3.8) is 0 Å². The van der Waals surface area contributed by atoms with Gasteiger partial charge in [0.15, 0.2) is 8.32 Å². The molecule has 0 spiro atoms. The Kier molecular flexibility index (Phi) is 7.61. The smallest absolute Gasteiger partial charge is 0.192 e. The fraction of sp³-hybridized carbons (Fsp3) is 0.714. The van der Waals surface area contributed by atoms with Crippen molar-refractivity contribution in [3.8, 4) is 0 Å². The van der Waals surface area contributed by atoms with E-state index < -0.39 is 8.32 Å². The lowest BCUT2D eigenvalue weighted by Crippen LogP contribution is -2.43. The summed E-state index contributed by atoms with van der Waals surface area (Å²) in [4.78, 5) is 0. The summed E-state index contributed by atoms with van der Waals surface area (Å²) in [7, 11) is -1.64. The number of rotatable bonds is 6. The Morgan fingerprint density at radius 3 is 2.24 bits per heavy atom. The zero-order valence-corrected chi connectivity index (χ0v) is 14.7. The van der Waals surface area contributed by atoms with E-state index in [1.165, 1.54) is 0 Å². The van der Waals surface area contributed by atoms with Gasteiger partial charge in [0.05, 0.1) is 6.10 Å². The Bertz CT molecular complexity index is 264. The first kappa shape index (κ1) is 17.1. The van der Waals surface area contributed by atoms with E-state index in [0.29, 0.717) is 0 Å². The Hall–Kier alpha value is 0.137. The maximum Gasteiger partial charge on any atom is 0.192 e. The molecule has 1 atom stereocenters. The van der Waals surface area contributed by atoms with Crippen molar-refractivity contribution in [2.45, 2.75) is 58.4 Å². The van der Waals surface area contributed by atoms with Crippen molar-refractivity contribution in [1.29, 1.82) is 0 Å². The molecule has 0 N–H and O–H groups in total. The molecule has 0 aromatic rings. The molecule has 1 nitrogen and oxygen atoms in total. The molecule has 0 saturated carbocycles. The molecule has 0 radical (unpaired) electrons. The number of hydrogen-bond donors (Lipinski definition) is 0. The number of hydrogen-bond acceptors (Lipinski definition) is 1. The molecule has 0 aromatic carbocycles. The van der Waals surface area contributed by atoms with Crippen molar-refractivity contribution in [2.75, 3.05) is 5.33 Å². The summed E-state index contributed by atoms with van der Waals surface area (Å²) in [6.07, 6.45) is 9.67. The molecule has 100 valence electrons. The summed E-state index contributed by atoms with van der Waals surface area (Å²) in [5, 5.41) is 1.18. The molecule has 17 heavy (non-hydrogen) atoms. The fourth-order valence-corrected chi connectivity index (χ4v) is 2.70. The summed E-state index contributed by atoms with van der Waals surface area (Å²) in [5.74, 6) is 0. The average molecular weight is 319 g/mol. The van der Waals surface area contributed by atoms with E-state index in [1.54, 1.807) is 0 Å². The van der Waals surface area contributed by atoms with Crippen LogP contribution in [0.25, 0.3) is 0 Å². The quantitative estimate of drug-likeness (QED) is 0.367. The van der Waals surface area contributed by atoms with Crippen molar-refractivity contribution in [1.82, 2.24) is 0 Å². The molecule has 0 aromatic heterocycles. The third-order valence-corrected chi connectivity index (χ3v) is 8.19. The third-order valence-electron chi connectivity index (χ3n) is 3.32. The van der Waals surface area contributed by atoms with Gasteiger partial charge in [-0.3, -0.25) is 0 Å². The van der Waals surface area contributed by atoms with Crippen LogP contribution in [-0.4, -0.2) is 19.8 Å². The Morgan fingerprint density at radius 1 is 1.24 bits per heavy atom. The van der Waals surface area contributed by atoms with E-state index in [-0.39, 0.29) is 11.1 Å². The monoisotopic (exact) mass is 318 g/mol.